The van der Waals surface area contributed by atoms with Crippen molar-refractivity contribution >= 4 is 12.0 Å². The number of hydrogen-bond donors (Lipinski definition) is 1. The van der Waals surface area contributed by atoms with E-state index in [9.17, 15) is 13.6 Å². The SMILES string of the molecule is CC(C)[C@@H](NC(=O)/C=C/c1ccc(OC(F)F)cc1)c1ccc2c(c1)OCCCO2. The number of carbonyl (C=O) groups excluding carboxylic acids is 1. The van der Waals surface area contributed by atoms with Gasteiger partial charge in [0.1, 0.15) is 5.75 Å². The van der Waals surface area contributed by atoms with Gasteiger partial charge in [-0.05, 0) is 47.4 Å². The third-order valence-corrected chi connectivity index (χ3v) is 4.63. The minimum Gasteiger partial charge on any atom is -0.490 e. The first kappa shape index (κ1) is 21.6. The molecule has 7 heteroatoms. The number of fused-ring (bicyclic) bond motifs is 1. The molecule has 1 aliphatic rings. The molecule has 0 saturated heterocycles. The molecule has 2 aromatic carbocycles. The second-order valence-electron chi connectivity index (χ2n) is 7.27. The molecule has 30 heavy (non-hydrogen) atoms. The van der Waals surface area contributed by atoms with Crippen molar-refractivity contribution in [2.24, 2.45) is 5.92 Å². The number of amides is 1. The lowest BCUT2D eigenvalue weighted by atomic mass is 9.95. The summed E-state index contributed by atoms with van der Waals surface area (Å²) in [6, 6.07) is 11.6. The van der Waals surface area contributed by atoms with Gasteiger partial charge in [0.15, 0.2) is 11.5 Å². The van der Waals surface area contributed by atoms with E-state index in [1.54, 1.807) is 18.2 Å². The molecule has 0 unspecified atom stereocenters. The Morgan fingerprint density at radius 3 is 2.43 bits per heavy atom. The van der Waals surface area contributed by atoms with Crippen LogP contribution >= 0.6 is 0 Å². The Hall–Kier alpha value is -3.09. The summed E-state index contributed by atoms with van der Waals surface area (Å²) in [4.78, 5) is 12.5. The topological polar surface area (TPSA) is 56.8 Å². The van der Waals surface area contributed by atoms with E-state index < -0.39 is 6.61 Å². The van der Waals surface area contributed by atoms with Gasteiger partial charge in [0.05, 0.1) is 19.3 Å². The third kappa shape index (κ3) is 5.95. The summed E-state index contributed by atoms with van der Waals surface area (Å²) in [6.07, 6.45) is 3.86. The maximum absolute atomic E-state index is 12.5. The van der Waals surface area contributed by atoms with E-state index in [0.717, 1.165) is 12.0 Å². The maximum Gasteiger partial charge on any atom is 0.387 e. The lowest BCUT2D eigenvalue weighted by Gasteiger charge is -2.23. The maximum atomic E-state index is 12.5. The van der Waals surface area contributed by atoms with Gasteiger partial charge < -0.3 is 19.5 Å². The summed E-state index contributed by atoms with van der Waals surface area (Å²) in [5.74, 6) is 1.36. The molecule has 1 N–H and O–H groups in total. The minimum absolute atomic E-state index is 0.0703. The number of ether oxygens (including phenoxy) is 3. The van der Waals surface area contributed by atoms with Gasteiger partial charge >= 0.3 is 6.61 Å². The Balaban J connectivity index is 1.67. The number of carbonyl (C=O) groups is 1. The standard InChI is InChI=1S/C23H25F2NO4/c1-15(2)22(17-7-10-19-20(14-17)29-13-3-12-28-19)26-21(27)11-6-16-4-8-18(9-5-16)30-23(24)25/h4-11,14-15,22-23H,3,12-13H2,1-2H3,(H,26,27)/b11-6+/t22-/m1/s1. The molecule has 1 amide bonds. The number of rotatable bonds is 7. The molecule has 1 aliphatic heterocycles. The average molecular weight is 417 g/mol. The third-order valence-electron chi connectivity index (χ3n) is 4.63. The molecule has 2 aromatic rings. The molecule has 1 heterocycles. The second-order valence-corrected chi connectivity index (χ2v) is 7.27. The quantitative estimate of drug-likeness (QED) is 0.646. The summed E-state index contributed by atoms with van der Waals surface area (Å²) < 4.78 is 40.2. The van der Waals surface area contributed by atoms with Gasteiger partial charge in [-0.25, -0.2) is 0 Å². The molecule has 0 radical (unpaired) electrons. The van der Waals surface area contributed by atoms with Gasteiger partial charge in [0.25, 0.3) is 0 Å². The predicted octanol–water partition coefficient (Wildman–Crippen LogP) is 4.98. The predicted molar refractivity (Wildman–Crippen MR) is 110 cm³/mol. The lowest BCUT2D eigenvalue weighted by molar-refractivity contribution is -0.117. The van der Waals surface area contributed by atoms with E-state index in [1.807, 2.05) is 32.0 Å². The molecule has 160 valence electrons. The van der Waals surface area contributed by atoms with Gasteiger partial charge in [-0.2, -0.15) is 8.78 Å². The van der Waals surface area contributed by atoms with Crippen LogP contribution < -0.4 is 19.5 Å². The van der Waals surface area contributed by atoms with Crippen molar-refractivity contribution in [3.8, 4) is 17.2 Å². The highest BCUT2D eigenvalue weighted by Crippen LogP contribution is 2.34. The first-order chi connectivity index (χ1) is 14.4. The fraction of sp³-hybridized carbons (Fsp3) is 0.348. The molecule has 0 spiro atoms. The van der Waals surface area contributed by atoms with Gasteiger partial charge in [-0.1, -0.05) is 32.0 Å². The zero-order valence-corrected chi connectivity index (χ0v) is 16.9. The van der Waals surface area contributed by atoms with E-state index in [2.05, 4.69) is 10.1 Å². The number of nitrogens with one attached hydrogen (secondary N) is 1. The van der Waals surface area contributed by atoms with E-state index in [0.29, 0.717) is 30.3 Å². The van der Waals surface area contributed by atoms with Crippen molar-refractivity contribution < 1.29 is 27.8 Å². The minimum atomic E-state index is -2.87. The van der Waals surface area contributed by atoms with E-state index in [-0.39, 0.29) is 23.6 Å². The van der Waals surface area contributed by atoms with Crippen molar-refractivity contribution in [1.82, 2.24) is 5.32 Å². The normalized spacial score (nSPS) is 14.6. The molecule has 0 bridgehead atoms. The highest BCUT2D eigenvalue weighted by atomic mass is 19.3. The van der Waals surface area contributed by atoms with Crippen molar-refractivity contribution in [2.45, 2.75) is 32.9 Å². The molecular formula is C23H25F2NO4. The Morgan fingerprint density at radius 2 is 1.77 bits per heavy atom. The summed E-state index contributed by atoms with van der Waals surface area (Å²) in [7, 11) is 0. The van der Waals surface area contributed by atoms with Crippen LogP contribution in [0.15, 0.2) is 48.5 Å². The Kier molecular flexibility index (Phi) is 7.27. The highest BCUT2D eigenvalue weighted by Gasteiger charge is 2.20. The summed E-state index contributed by atoms with van der Waals surface area (Å²) in [5.41, 5.74) is 1.63. The summed E-state index contributed by atoms with van der Waals surface area (Å²) >= 11 is 0. The largest absolute Gasteiger partial charge is 0.490 e. The zero-order chi connectivity index (χ0) is 21.5. The van der Waals surface area contributed by atoms with Gasteiger partial charge in [0.2, 0.25) is 5.91 Å². The van der Waals surface area contributed by atoms with Crippen LogP contribution in [0.3, 0.4) is 0 Å². The van der Waals surface area contributed by atoms with Gasteiger partial charge in [0, 0.05) is 12.5 Å². The second kappa shape index (κ2) is 10.1. The number of halogens is 2. The molecule has 0 aliphatic carbocycles. The number of alkyl halides is 2. The van der Waals surface area contributed by atoms with Gasteiger partial charge in [-0.3, -0.25) is 4.79 Å². The van der Waals surface area contributed by atoms with Crippen LogP contribution in [-0.4, -0.2) is 25.7 Å². The number of hydrogen-bond acceptors (Lipinski definition) is 4. The molecule has 0 saturated carbocycles. The average Bonchev–Trinajstić information content (AvgIpc) is 2.95. The van der Waals surface area contributed by atoms with Crippen LogP contribution in [0.5, 0.6) is 17.2 Å². The monoisotopic (exact) mass is 417 g/mol. The van der Waals surface area contributed by atoms with Crippen molar-refractivity contribution in [3.63, 3.8) is 0 Å². The molecule has 1 atom stereocenters. The summed E-state index contributed by atoms with van der Waals surface area (Å²) in [5, 5.41) is 3.02. The van der Waals surface area contributed by atoms with Crippen LogP contribution in [0.2, 0.25) is 0 Å². The molecule has 0 aromatic heterocycles. The van der Waals surface area contributed by atoms with Crippen molar-refractivity contribution in [2.75, 3.05) is 13.2 Å². The first-order valence-corrected chi connectivity index (χ1v) is 9.85. The Bertz CT molecular complexity index is 881. The van der Waals surface area contributed by atoms with Crippen LogP contribution in [0.1, 0.15) is 37.4 Å². The fourth-order valence-electron chi connectivity index (χ4n) is 3.14. The fourth-order valence-corrected chi connectivity index (χ4v) is 3.14. The lowest BCUT2D eigenvalue weighted by Crippen LogP contribution is -2.30. The van der Waals surface area contributed by atoms with Crippen LogP contribution in [0.25, 0.3) is 6.08 Å². The molecule has 0 fully saturated rings. The Labute approximate surface area is 174 Å². The van der Waals surface area contributed by atoms with Crippen LogP contribution in [-0.2, 0) is 4.79 Å². The first-order valence-electron chi connectivity index (χ1n) is 9.85. The van der Waals surface area contributed by atoms with Crippen LogP contribution in [0.4, 0.5) is 8.78 Å². The summed E-state index contributed by atoms with van der Waals surface area (Å²) in [6.45, 7) is 2.41. The highest BCUT2D eigenvalue weighted by molar-refractivity contribution is 5.92. The zero-order valence-electron chi connectivity index (χ0n) is 16.9. The van der Waals surface area contributed by atoms with Crippen LogP contribution in [0, 0.1) is 5.92 Å². The van der Waals surface area contributed by atoms with Crippen molar-refractivity contribution in [1.29, 1.82) is 0 Å². The number of benzene rings is 2. The van der Waals surface area contributed by atoms with E-state index in [1.165, 1.54) is 18.2 Å². The molecule has 3 rings (SSSR count). The van der Waals surface area contributed by atoms with Crippen molar-refractivity contribution in [3.05, 3.63) is 59.7 Å². The smallest absolute Gasteiger partial charge is 0.387 e. The Morgan fingerprint density at radius 1 is 1.07 bits per heavy atom. The molecular weight excluding hydrogens is 392 g/mol. The van der Waals surface area contributed by atoms with E-state index >= 15 is 0 Å². The van der Waals surface area contributed by atoms with Gasteiger partial charge in [-0.15, -0.1) is 0 Å². The molecule has 5 nitrogen and oxygen atoms in total. The van der Waals surface area contributed by atoms with E-state index in [4.69, 9.17) is 9.47 Å².